The molecule has 1 heterocycles. The van der Waals surface area contributed by atoms with Crippen LogP contribution >= 0.6 is 0 Å². The molecule has 4 nitrogen and oxygen atoms in total. The van der Waals surface area contributed by atoms with Crippen molar-refractivity contribution in [2.45, 2.75) is 56.6 Å². The molecule has 1 aliphatic heterocycles. The van der Waals surface area contributed by atoms with Gasteiger partial charge >= 0.3 is 0 Å². The summed E-state index contributed by atoms with van der Waals surface area (Å²) in [5.41, 5.74) is 0.0545. The van der Waals surface area contributed by atoms with Crippen molar-refractivity contribution in [3.8, 4) is 0 Å². The third-order valence-electron chi connectivity index (χ3n) is 5.60. The van der Waals surface area contributed by atoms with Crippen LogP contribution in [0.15, 0.2) is 24.3 Å². The lowest BCUT2D eigenvalue weighted by Crippen LogP contribution is -2.56. The van der Waals surface area contributed by atoms with Crippen LogP contribution in [0.4, 0.5) is 4.39 Å². The van der Waals surface area contributed by atoms with Crippen molar-refractivity contribution in [1.29, 1.82) is 0 Å². The summed E-state index contributed by atoms with van der Waals surface area (Å²) in [5, 5.41) is 13.1. The highest BCUT2D eigenvalue weighted by Gasteiger charge is 2.40. The zero-order chi connectivity index (χ0) is 17.0. The predicted octanol–water partition coefficient (Wildman–Crippen LogP) is 2.77. The van der Waals surface area contributed by atoms with E-state index in [2.05, 4.69) is 10.2 Å². The number of hydrogen-bond donors (Lipinski definition) is 2. The van der Waals surface area contributed by atoms with Gasteiger partial charge in [0.2, 0.25) is 0 Å². The van der Waals surface area contributed by atoms with Gasteiger partial charge < -0.3 is 10.4 Å². The molecule has 2 N–H and O–H groups in total. The molecule has 1 aromatic carbocycles. The van der Waals surface area contributed by atoms with Gasteiger partial charge in [0.1, 0.15) is 5.82 Å². The number of rotatable bonds is 5. The van der Waals surface area contributed by atoms with Crippen LogP contribution in [0.5, 0.6) is 0 Å². The van der Waals surface area contributed by atoms with Crippen LogP contribution in [0.3, 0.4) is 0 Å². The Morgan fingerprint density at radius 3 is 2.50 bits per heavy atom. The smallest absolute Gasteiger partial charge is 0.253 e. The summed E-state index contributed by atoms with van der Waals surface area (Å²) in [6, 6.07) is 5.89. The van der Waals surface area contributed by atoms with Crippen molar-refractivity contribution in [2.75, 3.05) is 19.6 Å². The van der Waals surface area contributed by atoms with Gasteiger partial charge in [-0.1, -0.05) is 37.5 Å². The van der Waals surface area contributed by atoms with Crippen LogP contribution < -0.4 is 5.32 Å². The summed E-state index contributed by atoms with van der Waals surface area (Å²) < 4.78 is 13.8. The maximum Gasteiger partial charge on any atom is 0.253 e. The lowest BCUT2D eigenvalue weighted by molar-refractivity contribution is -0.130. The quantitative estimate of drug-likeness (QED) is 0.871. The number of nitrogens with zero attached hydrogens (tertiary/aromatic N) is 1. The minimum atomic E-state index is -1.45. The van der Waals surface area contributed by atoms with E-state index in [0.717, 1.165) is 25.9 Å². The zero-order valence-corrected chi connectivity index (χ0v) is 14.1. The number of likely N-dealkylation sites (tertiary alicyclic amines) is 1. The molecule has 3 rings (SSSR count). The average molecular weight is 334 g/mol. The van der Waals surface area contributed by atoms with Crippen LogP contribution in [0.2, 0.25) is 0 Å². The molecule has 1 amide bonds. The lowest BCUT2D eigenvalue weighted by atomic mass is 9.92. The normalized spacial score (nSPS) is 22.2. The molecular formula is C19H27FN2O2. The molecule has 132 valence electrons. The highest BCUT2D eigenvalue weighted by molar-refractivity contribution is 5.82. The molecule has 1 aliphatic carbocycles. The summed E-state index contributed by atoms with van der Waals surface area (Å²) in [6.07, 6.45) is 6.80. The van der Waals surface area contributed by atoms with E-state index in [-0.39, 0.29) is 11.1 Å². The monoisotopic (exact) mass is 334 g/mol. The van der Waals surface area contributed by atoms with Gasteiger partial charge in [0.05, 0.1) is 0 Å². The second-order valence-corrected chi connectivity index (χ2v) is 7.12. The van der Waals surface area contributed by atoms with Gasteiger partial charge in [-0.15, -0.1) is 0 Å². The van der Waals surface area contributed by atoms with Gasteiger partial charge in [-0.2, -0.15) is 0 Å². The number of carbonyl (C=O) groups excluding carboxylic acids is 1. The Kier molecular flexibility index (Phi) is 5.51. The van der Waals surface area contributed by atoms with Crippen molar-refractivity contribution in [3.63, 3.8) is 0 Å². The number of aliphatic hydroxyl groups excluding tert-OH is 1. The molecule has 2 fully saturated rings. The van der Waals surface area contributed by atoms with Crippen LogP contribution in [0.25, 0.3) is 0 Å². The SMILES string of the molecule is O=C(NCC1(N2CCCCC2)CCCC1)C(O)c1ccccc1F. The summed E-state index contributed by atoms with van der Waals surface area (Å²) in [7, 11) is 0. The Labute approximate surface area is 143 Å². The summed E-state index contributed by atoms with van der Waals surface area (Å²) in [5.74, 6) is -1.06. The minimum Gasteiger partial charge on any atom is -0.378 e. The Balaban J connectivity index is 1.64. The van der Waals surface area contributed by atoms with Gasteiger partial charge in [-0.05, 0) is 44.8 Å². The van der Waals surface area contributed by atoms with E-state index in [1.165, 1.54) is 44.2 Å². The maximum atomic E-state index is 13.8. The number of benzene rings is 1. The first-order valence-corrected chi connectivity index (χ1v) is 9.08. The van der Waals surface area contributed by atoms with Crippen molar-refractivity contribution < 1.29 is 14.3 Å². The van der Waals surface area contributed by atoms with Crippen LogP contribution in [-0.2, 0) is 4.79 Å². The van der Waals surface area contributed by atoms with E-state index in [9.17, 15) is 14.3 Å². The molecule has 2 aliphatic rings. The third kappa shape index (κ3) is 3.62. The number of halogens is 1. The molecule has 0 aromatic heterocycles. The molecule has 5 heteroatoms. The Morgan fingerprint density at radius 2 is 1.83 bits per heavy atom. The fourth-order valence-electron chi connectivity index (χ4n) is 4.19. The van der Waals surface area contributed by atoms with Crippen LogP contribution in [0.1, 0.15) is 56.6 Å². The molecule has 1 saturated heterocycles. The summed E-state index contributed by atoms with van der Waals surface area (Å²) in [4.78, 5) is 14.9. The second kappa shape index (κ2) is 7.62. The molecule has 0 bridgehead atoms. The number of aliphatic hydroxyl groups is 1. The third-order valence-corrected chi connectivity index (χ3v) is 5.60. The number of piperidine rings is 1. The van der Waals surface area contributed by atoms with Gasteiger partial charge in [-0.3, -0.25) is 9.69 Å². The minimum absolute atomic E-state index is 0.0189. The standard InChI is InChI=1S/C19H27FN2O2/c20-16-9-3-2-8-15(16)17(23)18(24)21-14-19(10-4-5-11-19)22-12-6-1-7-13-22/h2-3,8-9,17,23H,1,4-7,10-14H2,(H,21,24). The highest BCUT2D eigenvalue weighted by Crippen LogP contribution is 2.36. The molecule has 1 unspecified atom stereocenters. The first kappa shape index (κ1) is 17.4. The van der Waals surface area contributed by atoms with Crippen molar-refractivity contribution in [3.05, 3.63) is 35.6 Å². The predicted molar refractivity (Wildman–Crippen MR) is 91.0 cm³/mol. The molecule has 1 atom stereocenters. The first-order valence-electron chi connectivity index (χ1n) is 9.08. The molecule has 1 saturated carbocycles. The Morgan fingerprint density at radius 1 is 1.17 bits per heavy atom. The summed E-state index contributed by atoms with van der Waals surface area (Å²) >= 11 is 0. The summed E-state index contributed by atoms with van der Waals surface area (Å²) in [6.45, 7) is 2.72. The van der Waals surface area contributed by atoms with E-state index >= 15 is 0 Å². The first-order chi connectivity index (χ1) is 11.6. The molecule has 24 heavy (non-hydrogen) atoms. The van der Waals surface area contributed by atoms with E-state index in [1.807, 2.05) is 0 Å². The van der Waals surface area contributed by atoms with E-state index in [1.54, 1.807) is 12.1 Å². The molecule has 0 spiro atoms. The van der Waals surface area contributed by atoms with Crippen LogP contribution in [-0.4, -0.2) is 41.1 Å². The molecular weight excluding hydrogens is 307 g/mol. The number of carbonyl (C=O) groups is 1. The fraction of sp³-hybridized carbons (Fsp3) is 0.632. The maximum absolute atomic E-state index is 13.8. The largest absolute Gasteiger partial charge is 0.378 e. The van der Waals surface area contributed by atoms with Gasteiger partial charge in [-0.25, -0.2) is 4.39 Å². The van der Waals surface area contributed by atoms with E-state index in [0.29, 0.717) is 6.54 Å². The van der Waals surface area contributed by atoms with Gasteiger partial charge in [0.15, 0.2) is 6.10 Å². The van der Waals surface area contributed by atoms with Crippen molar-refractivity contribution >= 4 is 5.91 Å². The number of nitrogens with one attached hydrogen (secondary N) is 1. The number of amides is 1. The highest BCUT2D eigenvalue weighted by atomic mass is 19.1. The van der Waals surface area contributed by atoms with Gasteiger partial charge in [0, 0.05) is 17.6 Å². The lowest BCUT2D eigenvalue weighted by Gasteiger charge is -2.43. The second-order valence-electron chi connectivity index (χ2n) is 7.12. The fourth-order valence-corrected chi connectivity index (χ4v) is 4.19. The number of hydrogen-bond acceptors (Lipinski definition) is 3. The molecule has 1 aromatic rings. The van der Waals surface area contributed by atoms with E-state index in [4.69, 9.17) is 0 Å². The Hall–Kier alpha value is -1.46. The topological polar surface area (TPSA) is 52.6 Å². The average Bonchev–Trinajstić information content (AvgIpc) is 3.10. The van der Waals surface area contributed by atoms with Crippen LogP contribution in [0, 0.1) is 5.82 Å². The van der Waals surface area contributed by atoms with Gasteiger partial charge in [0.25, 0.3) is 5.91 Å². The van der Waals surface area contributed by atoms with Crippen molar-refractivity contribution in [2.24, 2.45) is 0 Å². The zero-order valence-electron chi connectivity index (χ0n) is 14.1. The molecule has 0 radical (unpaired) electrons. The Bertz CT molecular complexity index is 566. The van der Waals surface area contributed by atoms with E-state index < -0.39 is 17.8 Å². The van der Waals surface area contributed by atoms with Crippen molar-refractivity contribution in [1.82, 2.24) is 10.2 Å².